The Morgan fingerprint density at radius 2 is 1.90 bits per heavy atom. The Balaban J connectivity index is 2.09. The Morgan fingerprint density at radius 1 is 1.20 bits per heavy atom. The highest BCUT2D eigenvalue weighted by Gasteiger charge is 2.46. The third-order valence-electron chi connectivity index (χ3n) is 8.18. The highest BCUT2D eigenvalue weighted by molar-refractivity contribution is 6.74. The van der Waals surface area contributed by atoms with Gasteiger partial charge < -0.3 is 19.0 Å². The van der Waals surface area contributed by atoms with Crippen molar-refractivity contribution >= 4 is 14.3 Å². The number of esters is 1. The number of benzene rings is 1. The van der Waals surface area contributed by atoms with Crippen LogP contribution in [0.2, 0.25) is 18.1 Å². The van der Waals surface area contributed by atoms with Crippen LogP contribution in [-0.4, -0.2) is 45.3 Å². The van der Waals surface area contributed by atoms with Gasteiger partial charge in [-0.25, -0.2) is 0 Å². The Kier molecular flexibility index (Phi) is 12.5. The molecular weight excluding hydrogens is 537 g/mol. The van der Waals surface area contributed by atoms with Crippen LogP contribution in [0.4, 0.5) is 13.2 Å². The van der Waals surface area contributed by atoms with Crippen LogP contribution in [0, 0.1) is 17.8 Å². The van der Waals surface area contributed by atoms with Crippen LogP contribution in [0.15, 0.2) is 48.6 Å². The maximum absolute atomic E-state index is 13.0. The first kappa shape index (κ1) is 34.1. The predicted octanol–water partition coefficient (Wildman–Crippen LogP) is 7.95. The third-order valence-corrected chi connectivity index (χ3v) is 12.7. The molecule has 40 heavy (non-hydrogen) atoms. The van der Waals surface area contributed by atoms with Crippen LogP contribution in [0.5, 0.6) is 5.75 Å². The van der Waals surface area contributed by atoms with Gasteiger partial charge in [-0.15, -0.1) is 0 Å². The molecule has 0 unspecified atom stereocenters. The second-order valence-electron chi connectivity index (χ2n) is 12.3. The Labute approximate surface area is 238 Å². The van der Waals surface area contributed by atoms with Crippen molar-refractivity contribution in [3.63, 3.8) is 0 Å². The first-order valence-electron chi connectivity index (χ1n) is 14.1. The fraction of sp³-hybridized carbons (Fsp3) is 0.645. The summed E-state index contributed by atoms with van der Waals surface area (Å²) in [7, 11) is -0.617. The van der Waals surface area contributed by atoms with Gasteiger partial charge in [0.05, 0.1) is 12.7 Å². The third kappa shape index (κ3) is 10.4. The van der Waals surface area contributed by atoms with E-state index in [1.807, 2.05) is 6.08 Å². The summed E-state index contributed by atoms with van der Waals surface area (Å²) >= 11 is 0. The zero-order valence-electron chi connectivity index (χ0n) is 25.0. The molecule has 1 fully saturated rings. The van der Waals surface area contributed by atoms with Crippen molar-refractivity contribution in [3.05, 3.63) is 54.1 Å². The Hall–Kier alpha value is -2.10. The zero-order chi connectivity index (χ0) is 30.1. The lowest BCUT2D eigenvalue weighted by atomic mass is 9.87. The zero-order valence-corrected chi connectivity index (χ0v) is 26.0. The van der Waals surface area contributed by atoms with Crippen LogP contribution in [0.3, 0.4) is 0 Å². The van der Waals surface area contributed by atoms with Crippen LogP contribution < -0.4 is 4.74 Å². The van der Waals surface area contributed by atoms with Crippen molar-refractivity contribution in [3.8, 4) is 5.75 Å². The monoisotopic (exact) mass is 584 g/mol. The van der Waals surface area contributed by atoms with E-state index in [9.17, 15) is 23.1 Å². The quantitative estimate of drug-likeness (QED) is 0.110. The molecule has 0 aliphatic heterocycles. The van der Waals surface area contributed by atoms with Crippen molar-refractivity contribution in [1.29, 1.82) is 0 Å². The summed E-state index contributed by atoms with van der Waals surface area (Å²) in [6.07, 6.45) is 6.30. The molecule has 0 radical (unpaired) electrons. The molecule has 1 aliphatic rings. The molecule has 5 nitrogen and oxygen atoms in total. The SMILES string of the molecule is COC(=O)CCC/C=C\C[C@@H]1[C@@H](/C=C/[C@@H](O)COc2cccc(C(F)(F)F)c2)[C@H](C)C[C@@H]1O[Si](C)(C)C(C)(C)C. The van der Waals surface area contributed by atoms with E-state index in [0.29, 0.717) is 12.3 Å². The molecule has 1 aromatic carbocycles. The van der Waals surface area contributed by atoms with Crippen LogP contribution in [-0.2, 0) is 20.1 Å². The van der Waals surface area contributed by atoms with Crippen molar-refractivity contribution < 1.29 is 37.0 Å². The summed E-state index contributed by atoms with van der Waals surface area (Å²) in [6, 6.07) is 4.66. The smallest absolute Gasteiger partial charge is 0.416 e. The predicted molar refractivity (Wildman–Crippen MR) is 155 cm³/mol. The number of unbranched alkanes of at least 4 members (excludes halogenated alkanes) is 1. The highest BCUT2D eigenvalue weighted by atomic mass is 28.4. The molecule has 0 aromatic heterocycles. The minimum absolute atomic E-state index is 0.0644. The Bertz CT molecular complexity index is 999. The molecule has 5 atom stereocenters. The number of carbonyl (C=O) groups excluding carboxylic acids is 1. The van der Waals surface area contributed by atoms with Gasteiger partial charge in [-0.3, -0.25) is 4.79 Å². The fourth-order valence-electron chi connectivity index (χ4n) is 4.79. The van der Waals surface area contributed by atoms with Crippen molar-refractivity contribution in [2.24, 2.45) is 17.8 Å². The number of alkyl halides is 3. The van der Waals surface area contributed by atoms with Crippen LogP contribution in [0.1, 0.15) is 65.4 Å². The first-order chi connectivity index (χ1) is 18.5. The largest absolute Gasteiger partial charge is 0.491 e. The maximum atomic E-state index is 13.0. The molecule has 0 saturated heterocycles. The van der Waals surface area contributed by atoms with E-state index in [1.54, 1.807) is 6.08 Å². The molecule has 1 aliphatic carbocycles. The fourth-order valence-corrected chi connectivity index (χ4v) is 6.18. The van der Waals surface area contributed by atoms with Crippen molar-refractivity contribution in [2.75, 3.05) is 13.7 Å². The van der Waals surface area contributed by atoms with E-state index >= 15 is 0 Å². The van der Waals surface area contributed by atoms with Gasteiger partial charge in [0.1, 0.15) is 18.5 Å². The minimum atomic E-state index is -4.45. The molecular formula is C31H47F3O5Si. The highest BCUT2D eigenvalue weighted by Crippen LogP contribution is 2.46. The number of aliphatic hydroxyl groups is 1. The second kappa shape index (κ2) is 14.7. The molecule has 226 valence electrons. The summed E-state index contributed by atoms with van der Waals surface area (Å²) in [4.78, 5) is 11.4. The molecule has 1 N–H and O–H groups in total. The number of methoxy groups -OCH3 is 1. The molecule has 0 spiro atoms. The number of hydrogen-bond donors (Lipinski definition) is 1. The normalized spacial score (nSPS) is 23.2. The second-order valence-corrected chi connectivity index (χ2v) is 17.1. The van der Waals surface area contributed by atoms with Gasteiger partial charge in [0, 0.05) is 12.5 Å². The van der Waals surface area contributed by atoms with Gasteiger partial charge in [-0.2, -0.15) is 13.2 Å². The van der Waals surface area contributed by atoms with Gasteiger partial charge in [0.2, 0.25) is 0 Å². The summed E-state index contributed by atoms with van der Waals surface area (Å²) < 4.78 is 56.0. The average Bonchev–Trinajstić information content (AvgIpc) is 3.15. The van der Waals surface area contributed by atoms with E-state index in [0.717, 1.165) is 37.8 Å². The topological polar surface area (TPSA) is 65.0 Å². The van der Waals surface area contributed by atoms with E-state index in [1.165, 1.54) is 19.2 Å². The molecule has 9 heteroatoms. The van der Waals surface area contributed by atoms with Crippen LogP contribution in [0.25, 0.3) is 0 Å². The van der Waals surface area contributed by atoms with Crippen LogP contribution >= 0.6 is 0 Å². The van der Waals surface area contributed by atoms with E-state index in [-0.39, 0.29) is 41.3 Å². The molecule has 1 aromatic rings. The maximum Gasteiger partial charge on any atom is 0.416 e. The molecule has 0 heterocycles. The van der Waals surface area contributed by atoms with Crippen molar-refractivity contribution in [1.82, 2.24) is 0 Å². The minimum Gasteiger partial charge on any atom is -0.491 e. The van der Waals surface area contributed by atoms with Gasteiger partial charge in [-0.1, -0.05) is 58.1 Å². The lowest BCUT2D eigenvalue weighted by molar-refractivity contribution is -0.140. The average molecular weight is 585 g/mol. The number of hydrogen-bond acceptors (Lipinski definition) is 5. The summed E-state index contributed by atoms with van der Waals surface area (Å²) in [5.74, 6) is 0.572. The number of carbonyl (C=O) groups is 1. The summed E-state index contributed by atoms with van der Waals surface area (Å²) in [6.45, 7) is 13.3. The Morgan fingerprint density at radius 3 is 2.52 bits per heavy atom. The van der Waals surface area contributed by atoms with E-state index < -0.39 is 26.2 Å². The van der Waals surface area contributed by atoms with Crippen molar-refractivity contribution in [2.45, 2.75) is 96.3 Å². The van der Waals surface area contributed by atoms with E-state index in [4.69, 9.17) is 13.9 Å². The standard InChI is InChI=1S/C31H47F3O5Si/c1-22-19-28(39-40(6,7)30(2,3)4)27(15-10-8-9-11-16-29(36)37-5)26(22)18-17-24(35)21-38-25-14-12-13-23(20-25)31(32,33)34/h8,10,12-14,17-18,20,22,24,26-28,35H,9,11,15-16,19,21H2,1-7H3/b10-8-,18-17+/t22-,24-,26+,27-,28+/m1/s1. The molecule has 1 saturated carbocycles. The summed E-state index contributed by atoms with van der Waals surface area (Å²) in [5, 5.41) is 10.6. The number of ether oxygens (including phenoxy) is 2. The lowest BCUT2D eigenvalue weighted by Crippen LogP contribution is -2.45. The first-order valence-corrected chi connectivity index (χ1v) is 17.0. The van der Waals surface area contributed by atoms with Gasteiger partial charge in [0.25, 0.3) is 0 Å². The summed E-state index contributed by atoms with van der Waals surface area (Å²) in [5.41, 5.74) is -0.788. The van der Waals surface area contributed by atoms with Gasteiger partial charge in [0.15, 0.2) is 8.32 Å². The number of halogens is 3. The molecule has 0 amide bonds. The molecule has 2 rings (SSSR count). The van der Waals surface area contributed by atoms with E-state index in [2.05, 4.69) is 52.9 Å². The number of aliphatic hydroxyl groups excluding tert-OH is 1. The van der Waals surface area contributed by atoms with Gasteiger partial charge >= 0.3 is 12.1 Å². The lowest BCUT2D eigenvalue weighted by Gasteiger charge is -2.40. The number of allylic oxidation sites excluding steroid dienone is 3. The van der Waals surface area contributed by atoms with Gasteiger partial charge in [-0.05, 0) is 79.8 Å². The number of rotatable bonds is 13. The molecule has 0 bridgehead atoms.